The number of nitrogens with one attached hydrogen (secondary N) is 2. The molecule has 1 aromatic rings. The largest absolute Gasteiger partial charge is 0.446 e. The van der Waals surface area contributed by atoms with Gasteiger partial charge in [-0.1, -0.05) is 30.3 Å². The highest BCUT2D eigenvalue weighted by atomic mass is 16.6. The number of alkyl carbamates (subject to hydrolysis) is 1. The van der Waals surface area contributed by atoms with Gasteiger partial charge in [-0.3, -0.25) is 0 Å². The highest BCUT2D eigenvalue weighted by molar-refractivity contribution is 5.68. The molecule has 0 aromatic heterocycles. The van der Waals surface area contributed by atoms with Crippen LogP contribution in [0, 0.1) is 5.92 Å². The van der Waals surface area contributed by atoms with E-state index in [-0.39, 0.29) is 17.7 Å². The molecule has 0 radical (unpaired) electrons. The zero-order valence-corrected chi connectivity index (χ0v) is 13.2. The van der Waals surface area contributed by atoms with Crippen LogP contribution in [0.15, 0.2) is 30.3 Å². The van der Waals surface area contributed by atoms with Crippen molar-refractivity contribution in [3.63, 3.8) is 0 Å². The molecule has 0 saturated carbocycles. The van der Waals surface area contributed by atoms with Crippen LogP contribution >= 0.6 is 0 Å². The second kappa shape index (κ2) is 6.94. The first-order valence-corrected chi connectivity index (χ1v) is 7.67. The van der Waals surface area contributed by atoms with E-state index in [1.54, 1.807) is 0 Å². The fourth-order valence-corrected chi connectivity index (χ4v) is 2.62. The van der Waals surface area contributed by atoms with E-state index in [0.29, 0.717) is 5.92 Å². The lowest BCUT2D eigenvalue weighted by atomic mass is 9.95. The molecule has 1 fully saturated rings. The van der Waals surface area contributed by atoms with Crippen molar-refractivity contribution < 1.29 is 9.53 Å². The molecule has 1 saturated heterocycles. The van der Waals surface area contributed by atoms with Gasteiger partial charge in [-0.25, -0.2) is 4.79 Å². The van der Waals surface area contributed by atoms with Crippen molar-refractivity contribution >= 4 is 6.09 Å². The summed E-state index contributed by atoms with van der Waals surface area (Å²) in [6.45, 7) is 7.78. The van der Waals surface area contributed by atoms with Gasteiger partial charge in [0.1, 0.15) is 6.10 Å². The summed E-state index contributed by atoms with van der Waals surface area (Å²) in [7, 11) is 0. The molecule has 1 amide bonds. The first kappa shape index (κ1) is 15.8. The third-order valence-corrected chi connectivity index (χ3v) is 3.64. The Labute approximate surface area is 127 Å². The third kappa shape index (κ3) is 5.38. The number of rotatable bonds is 4. The number of ether oxygens (including phenoxy) is 1. The van der Waals surface area contributed by atoms with Crippen LogP contribution in [0.25, 0.3) is 0 Å². The maximum atomic E-state index is 12.1. The molecular formula is C17H26N2O2. The van der Waals surface area contributed by atoms with E-state index in [9.17, 15) is 4.79 Å². The van der Waals surface area contributed by atoms with Crippen LogP contribution in [0.1, 0.15) is 32.8 Å². The maximum Gasteiger partial charge on any atom is 0.407 e. The normalized spacial score (nSPS) is 20.0. The summed E-state index contributed by atoms with van der Waals surface area (Å²) in [6, 6.07) is 10.2. The van der Waals surface area contributed by atoms with E-state index in [1.165, 1.54) is 5.56 Å². The van der Waals surface area contributed by atoms with Gasteiger partial charge >= 0.3 is 6.09 Å². The highest BCUT2D eigenvalue weighted by Crippen LogP contribution is 2.20. The number of amides is 1. The molecule has 0 aliphatic carbocycles. The first-order chi connectivity index (χ1) is 9.94. The minimum absolute atomic E-state index is 0.0789. The number of carbonyl (C=O) groups excluding carboxylic acids is 1. The van der Waals surface area contributed by atoms with E-state index in [1.807, 2.05) is 39.0 Å². The second-order valence-electron chi connectivity index (χ2n) is 6.76. The lowest BCUT2D eigenvalue weighted by Gasteiger charge is -2.26. The minimum atomic E-state index is -0.324. The Balaban J connectivity index is 2.00. The Morgan fingerprint density at radius 1 is 1.38 bits per heavy atom. The zero-order valence-electron chi connectivity index (χ0n) is 13.2. The Morgan fingerprint density at radius 2 is 2.10 bits per heavy atom. The van der Waals surface area contributed by atoms with Gasteiger partial charge in [0.25, 0.3) is 0 Å². The number of hydrogen-bond donors (Lipinski definition) is 2. The van der Waals surface area contributed by atoms with Gasteiger partial charge < -0.3 is 15.4 Å². The Kier molecular flexibility index (Phi) is 5.23. The van der Waals surface area contributed by atoms with Gasteiger partial charge in [-0.05, 0) is 39.3 Å². The Bertz CT molecular complexity index is 448. The summed E-state index contributed by atoms with van der Waals surface area (Å²) >= 11 is 0. The van der Waals surface area contributed by atoms with Crippen molar-refractivity contribution in [2.45, 2.75) is 45.3 Å². The van der Waals surface area contributed by atoms with Gasteiger partial charge in [0.05, 0.1) is 0 Å². The SMILES string of the molecule is CC(C)(C)NC(=O)OC(Cc1ccccc1)C1CCNC1. The fraction of sp³-hybridized carbons (Fsp3) is 0.588. The molecule has 2 rings (SSSR count). The summed E-state index contributed by atoms with van der Waals surface area (Å²) < 4.78 is 5.72. The van der Waals surface area contributed by atoms with Crippen LogP contribution in [0.3, 0.4) is 0 Å². The molecule has 4 heteroatoms. The average molecular weight is 290 g/mol. The quantitative estimate of drug-likeness (QED) is 0.896. The molecule has 2 N–H and O–H groups in total. The molecule has 1 aliphatic rings. The molecule has 4 nitrogen and oxygen atoms in total. The summed E-state index contributed by atoms with van der Waals surface area (Å²) in [6.07, 6.45) is 1.42. The number of carbonyl (C=O) groups is 1. The van der Waals surface area contributed by atoms with Crippen LogP contribution in [-0.4, -0.2) is 30.8 Å². The van der Waals surface area contributed by atoms with E-state index in [4.69, 9.17) is 4.74 Å². The van der Waals surface area contributed by atoms with Crippen molar-refractivity contribution in [2.75, 3.05) is 13.1 Å². The predicted octanol–water partition coefficient (Wildman–Crippen LogP) is 2.73. The lowest BCUT2D eigenvalue weighted by molar-refractivity contribution is 0.0619. The summed E-state index contributed by atoms with van der Waals surface area (Å²) in [5, 5.41) is 6.23. The second-order valence-corrected chi connectivity index (χ2v) is 6.76. The third-order valence-electron chi connectivity index (χ3n) is 3.64. The van der Waals surface area contributed by atoms with Crippen LogP contribution in [0.4, 0.5) is 4.79 Å². The Morgan fingerprint density at radius 3 is 2.67 bits per heavy atom. The van der Waals surface area contributed by atoms with Crippen LogP contribution in [-0.2, 0) is 11.2 Å². The van der Waals surface area contributed by atoms with Crippen molar-refractivity contribution in [1.29, 1.82) is 0 Å². The molecule has 2 atom stereocenters. The monoisotopic (exact) mass is 290 g/mol. The fourth-order valence-electron chi connectivity index (χ4n) is 2.62. The number of benzene rings is 1. The van der Waals surface area contributed by atoms with Crippen molar-refractivity contribution in [2.24, 2.45) is 5.92 Å². The van der Waals surface area contributed by atoms with E-state index in [0.717, 1.165) is 25.9 Å². The molecule has 1 aromatic carbocycles. The molecule has 21 heavy (non-hydrogen) atoms. The summed E-state index contributed by atoms with van der Waals surface area (Å²) in [5.74, 6) is 0.385. The maximum absolute atomic E-state index is 12.1. The molecule has 1 heterocycles. The summed E-state index contributed by atoms with van der Waals surface area (Å²) in [4.78, 5) is 12.1. The smallest absolute Gasteiger partial charge is 0.407 e. The summed E-state index contributed by atoms with van der Waals surface area (Å²) in [5.41, 5.74) is 0.931. The molecular weight excluding hydrogens is 264 g/mol. The molecule has 0 bridgehead atoms. The van der Waals surface area contributed by atoms with Crippen molar-refractivity contribution in [3.8, 4) is 0 Å². The van der Waals surface area contributed by atoms with Gasteiger partial charge in [-0.2, -0.15) is 0 Å². The van der Waals surface area contributed by atoms with E-state index >= 15 is 0 Å². The van der Waals surface area contributed by atoms with E-state index < -0.39 is 0 Å². The Hall–Kier alpha value is -1.55. The van der Waals surface area contributed by atoms with Gasteiger partial charge in [0.15, 0.2) is 0 Å². The van der Waals surface area contributed by atoms with Crippen molar-refractivity contribution in [1.82, 2.24) is 10.6 Å². The minimum Gasteiger partial charge on any atom is -0.446 e. The lowest BCUT2D eigenvalue weighted by Crippen LogP contribution is -2.44. The van der Waals surface area contributed by atoms with E-state index in [2.05, 4.69) is 22.8 Å². The van der Waals surface area contributed by atoms with Gasteiger partial charge in [0, 0.05) is 24.4 Å². The van der Waals surface area contributed by atoms with Gasteiger partial charge in [0.2, 0.25) is 0 Å². The van der Waals surface area contributed by atoms with Crippen molar-refractivity contribution in [3.05, 3.63) is 35.9 Å². The van der Waals surface area contributed by atoms with Gasteiger partial charge in [-0.15, -0.1) is 0 Å². The van der Waals surface area contributed by atoms with Crippen LogP contribution in [0.2, 0.25) is 0 Å². The van der Waals surface area contributed by atoms with Crippen LogP contribution < -0.4 is 10.6 Å². The highest BCUT2D eigenvalue weighted by Gasteiger charge is 2.29. The average Bonchev–Trinajstić information content (AvgIpc) is 2.90. The molecule has 116 valence electrons. The topological polar surface area (TPSA) is 50.4 Å². The zero-order chi connectivity index (χ0) is 15.3. The molecule has 2 unspecified atom stereocenters. The van der Waals surface area contributed by atoms with Crippen LogP contribution in [0.5, 0.6) is 0 Å². The number of hydrogen-bond acceptors (Lipinski definition) is 3. The molecule has 1 aliphatic heterocycles. The first-order valence-electron chi connectivity index (χ1n) is 7.67. The standard InChI is InChI=1S/C17H26N2O2/c1-17(2,3)19-16(20)21-15(14-9-10-18-12-14)11-13-7-5-4-6-8-13/h4-8,14-15,18H,9-12H2,1-3H3,(H,19,20). The molecule has 0 spiro atoms. The predicted molar refractivity (Wildman–Crippen MR) is 84.3 cm³/mol.